The molecule has 1 aromatic heterocycles. The van der Waals surface area contributed by atoms with E-state index in [1.165, 1.54) is 0 Å². The first-order chi connectivity index (χ1) is 5.95. The fourth-order valence-electron chi connectivity index (χ4n) is 1.13. The zero-order chi connectivity index (χ0) is 10.2. The number of aromatic nitrogens is 1. The number of hydrogen-bond donors (Lipinski definition) is 2. The molecule has 13 heavy (non-hydrogen) atoms. The standard InChI is InChI=1S/C8H9ClN2O2/c1-3-5(8(12)13)7(10)11-4(2)6(3)9/h1-2H3,(H2,10,11)(H,12,13). The van der Waals surface area contributed by atoms with Crippen LogP contribution in [0.5, 0.6) is 0 Å². The Hall–Kier alpha value is -1.29. The van der Waals surface area contributed by atoms with Crippen LogP contribution in [0.15, 0.2) is 0 Å². The van der Waals surface area contributed by atoms with Gasteiger partial charge in [0, 0.05) is 0 Å². The highest BCUT2D eigenvalue weighted by Crippen LogP contribution is 2.25. The molecule has 5 heteroatoms. The van der Waals surface area contributed by atoms with E-state index in [1.807, 2.05) is 0 Å². The van der Waals surface area contributed by atoms with Crippen molar-refractivity contribution in [3.05, 3.63) is 21.8 Å². The molecule has 0 radical (unpaired) electrons. The molecular formula is C8H9ClN2O2. The molecule has 0 unspecified atom stereocenters. The number of anilines is 1. The highest BCUT2D eigenvalue weighted by molar-refractivity contribution is 6.32. The van der Waals surface area contributed by atoms with E-state index in [1.54, 1.807) is 13.8 Å². The summed E-state index contributed by atoms with van der Waals surface area (Å²) in [5, 5.41) is 9.14. The first-order valence-electron chi connectivity index (χ1n) is 3.60. The summed E-state index contributed by atoms with van der Waals surface area (Å²) < 4.78 is 0. The molecule has 1 heterocycles. The number of aromatic carboxylic acids is 1. The average Bonchev–Trinajstić information content (AvgIpc) is 1.99. The van der Waals surface area contributed by atoms with E-state index < -0.39 is 5.97 Å². The van der Waals surface area contributed by atoms with Crippen LogP contribution in [-0.2, 0) is 0 Å². The molecule has 0 aliphatic heterocycles. The number of rotatable bonds is 1. The van der Waals surface area contributed by atoms with E-state index in [2.05, 4.69) is 4.98 Å². The molecule has 0 saturated heterocycles. The number of pyridine rings is 1. The molecule has 0 amide bonds. The summed E-state index contributed by atoms with van der Waals surface area (Å²) in [6.45, 7) is 3.29. The van der Waals surface area contributed by atoms with Crippen molar-refractivity contribution in [2.24, 2.45) is 0 Å². The lowest BCUT2D eigenvalue weighted by Crippen LogP contribution is -2.08. The van der Waals surface area contributed by atoms with Gasteiger partial charge in [-0.1, -0.05) is 11.6 Å². The molecule has 0 aliphatic rings. The maximum absolute atomic E-state index is 10.7. The Labute approximate surface area is 80.3 Å². The van der Waals surface area contributed by atoms with Crippen molar-refractivity contribution in [2.45, 2.75) is 13.8 Å². The number of nitrogen functional groups attached to an aromatic ring is 1. The van der Waals surface area contributed by atoms with Crippen molar-refractivity contribution in [1.82, 2.24) is 4.98 Å². The topological polar surface area (TPSA) is 76.2 Å². The lowest BCUT2D eigenvalue weighted by molar-refractivity contribution is 0.0697. The quantitative estimate of drug-likeness (QED) is 0.723. The minimum absolute atomic E-state index is 0.00639. The molecule has 1 aromatic rings. The maximum Gasteiger partial charge on any atom is 0.339 e. The van der Waals surface area contributed by atoms with E-state index in [-0.39, 0.29) is 11.4 Å². The molecular weight excluding hydrogens is 192 g/mol. The third-order valence-electron chi connectivity index (χ3n) is 1.78. The monoisotopic (exact) mass is 200 g/mol. The Kier molecular flexibility index (Phi) is 2.43. The summed E-state index contributed by atoms with van der Waals surface area (Å²) in [5.41, 5.74) is 6.42. The molecule has 4 nitrogen and oxygen atoms in total. The molecule has 0 atom stereocenters. The molecule has 0 saturated carbocycles. The van der Waals surface area contributed by atoms with Gasteiger partial charge in [-0.3, -0.25) is 0 Å². The van der Waals surface area contributed by atoms with Gasteiger partial charge in [-0.25, -0.2) is 9.78 Å². The van der Waals surface area contributed by atoms with E-state index >= 15 is 0 Å². The third kappa shape index (κ3) is 1.58. The van der Waals surface area contributed by atoms with Crippen LogP contribution in [0, 0.1) is 13.8 Å². The van der Waals surface area contributed by atoms with Gasteiger partial charge in [-0.15, -0.1) is 0 Å². The Bertz CT molecular complexity index is 377. The summed E-state index contributed by atoms with van der Waals surface area (Å²) >= 11 is 5.82. The van der Waals surface area contributed by atoms with Crippen LogP contribution < -0.4 is 5.73 Å². The SMILES string of the molecule is Cc1nc(N)c(C(=O)O)c(C)c1Cl. The zero-order valence-corrected chi connectivity index (χ0v) is 8.01. The Balaban J connectivity index is 3.53. The smallest absolute Gasteiger partial charge is 0.339 e. The molecule has 1 rings (SSSR count). The van der Waals surface area contributed by atoms with E-state index in [0.717, 1.165) is 0 Å². The highest BCUT2D eigenvalue weighted by atomic mass is 35.5. The van der Waals surface area contributed by atoms with Gasteiger partial charge in [0.05, 0.1) is 10.7 Å². The van der Waals surface area contributed by atoms with Gasteiger partial charge >= 0.3 is 5.97 Å². The summed E-state index contributed by atoms with van der Waals surface area (Å²) in [6, 6.07) is 0. The molecule has 0 fully saturated rings. The fraction of sp³-hybridized carbons (Fsp3) is 0.250. The predicted molar refractivity (Wildman–Crippen MR) is 50.1 cm³/mol. The van der Waals surface area contributed by atoms with Crippen molar-refractivity contribution in [1.29, 1.82) is 0 Å². The number of hydrogen-bond acceptors (Lipinski definition) is 3. The minimum atomic E-state index is -1.11. The van der Waals surface area contributed by atoms with E-state index in [9.17, 15) is 4.79 Å². The number of halogens is 1. The van der Waals surface area contributed by atoms with Crippen LogP contribution in [0.4, 0.5) is 5.82 Å². The first kappa shape index (κ1) is 9.80. The highest BCUT2D eigenvalue weighted by Gasteiger charge is 2.16. The largest absolute Gasteiger partial charge is 0.478 e. The lowest BCUT2D eigenvalue weighted by atomic mass is 10.1. The Morgan fingerprint density at radius 2 is 2.08 bits per heavy atom. The van der Waals surface area contributed by atoms with Crippen LogP contribution in [0.2, 0.25) is 5.02 Å². The van der Waals surface area contributed by atoms with E-state index in [4.69, 9.17) is 22.4 Å². The van der Waals surface area contributed by atoms with Crippen LogP contribution in [0.1, 0.15) is 21.6 Å². The fourth-order valence-corrected chi connectivity index (χ4v) is 1.27. The molecule has 70 valence electrons. The van der Waals surface area contributed by atoms with E-state index in [0.29, 0.717) is 16.3 Å². The van der Waals surface area contributed by atoms with Gasteiger partial charge in [-0.2, -0.15) is 0 Å². The molecule has 0 bridgehead atoms. The minimum Gasteiger partial charge on any atom is -0.478 e. The first-order valence-corrected chi connectivity index (χ1v) is 3.98. The average molecular weight is 201 g/mol. The molecule has 0 aliphatic carbocycles. The van der Waals surface area contributed by atoms with Gasteiger partial charge in [0.25, 0.3) is 0 Å². The number of carbonyl (C=O) groups is 1. The van der Waals surface area contributed by atoms with Crippen LogP contribution in [0.25, 0.3) is 0 Å². The number of nitrogens with two attached hydrogens (primary N) is 1. The maximum atomic E-state index is 10.7. The normalized spacial score (nSPS) is 10.1. The summed E-state index contributed by atoms with van der Waals surface area (Å²) in [6.07, 6.45) is 0. The Morgan fingerprint density at radius 1 is 1.54 bits per heavy atom. The van der Waals surface area contributed by atoms with Gasteiger partial charge in [0.2, 0.25) is 0 Å². The molecule has 0 spiro atoms. The van der Waals surface area contributed by atoms with Crippen LogP contribution in [-0.4, -0.2) is 16.1 Å². The van der Waals surface area contributed by atoms with Gasteiger partial charge in [0.15, 0.2) is 0 Å². The van der Waals surface area contributed by atoms with Crippen LogP contribution in [0.3, 0.4) is 0 Å². The molecule has 0 aromatic carbocycles. The number of carboxylic acid groups (broad SMARTS) is 1. The van der Waals surface area contributed by atoms with Crippen LogP contribution >= 0.6 is 11.6 Å². The predicted octanol–water partition coefficient (Wildman–Crippen LogP) is 1.63. The van der Waals surface area contributed by atoms with Crippen molar-refractivity contribution in [3.8, 4) is 0 Å². The van der Waals surface area contributed by atoms with Crippen molar-refractivity contribution >= 4 is 23.4 Å². The summed E-state index contributed by atoms with van der Waals surface area (Å²) in [4.78, 5) is 14.5. The summed E-state index contributed by atoms with van der Waals surface area (Å²) in [7, 11) is 0. The lowest BCUT2D eigenvalue weighted by Gasteiger charge is -2.07. The van der Waals surface area contributed by atoms with Crippen molar-refractivity contribution < 1.29 is 9.90 Å². The second-order valence-corrected chi connectivity index (χ2v) is 3.08. The Morgan fingerprint density at radius 3 is 2.54 bits per heavy atom. The second kappa shape index (κ2) is 3.22. The van der Waals surface area contributed by atoms with Crippen molar-refractivity contribution in [2.75, 3.05) is 5.73 Å². The van der Waals surface area contributed by atoms with Crippen molar-refractivity contribution in [3.63, 3.8) is 0 Å². The summed E-state index contributed by atoms with van der Waals surface area (Å²) in [5.74, 6) is -1.10. The third-order valence-corrected chi connectivity index (χ3v) is 2.34. The number of nitrogens with zero attached hydrogens (tertiary/aromatic N) is 1. The van der Waals surface area contributed by atoms with Gasteiger partial charge in [-0.05, 0) is 19.4 Å². The number of aryl methyl sites for hydroxylation is 1. The zero-order valence-electron chi connectivity index (χ0n) is 7.26. The molecule has 3 N–H and O–H groups in total. The second-order valence-electron chi connectivity index (χ2n) is 2.70. The van der Waals surface area contributed by atoms with Gasteiger partial charge in [0.1, 0.15) is 11.4 Å². The van der Waals surface area contributed by atoms with Gasteiger partial charge < -0.3 is 10.8 Å². The number of carboxylic acids is 1.